The molecule has 0 radical (unpaired) electrons. The molecule has 0 spiro atoms. The SMILES string of the molecule is COc1ccc(N2CCC[C@H](CN)[C@H]2C)cc1. The zero-order valence-electron chi connectivity index (χ0n) is 10.7. The molecule has 1 heterocycles. The first kappa shape index (κ1) is 12.2. The fourth-order valence-electron chi connectivity index (χ4n) is 2.68. The Hall–Kier alpha value is -1.22. The molecule has 1 aliphatic rings. The first-order valence-corrected chi connectivity index (χ1v) is 6.37. The van der Waals surface area contributed by atoms with E-state index < -0.39 is 0 Å². The van der Waals surface area contributed by atoms with Gasteiger partial charge in [-0.25, -0.2) is 0 Å². The average molecular weight is 234 g/mol. The van der Waals surface area contributed by atoms with Gasteiger partial charge in [0, 0.05) is 18.3 Å². The summed E-state index contributed by atoms with van der Waals surface area (Å²) in [6, 6.07) is 8.84. The second-order valence-corrected chi connectivity index (χ2v) is 4.77. The van der Waals surface area contributed by atoms with Gasteiger partial charge in [0.1, 0.15) is 5.75 Å². The van der Waals surface area contributed by atoms with E-state index in [1.165, 1.54) is 18.5 Å². The number of benzene rings is 1. The van der Waals surface area contributed by atoms with Gasteiger partial charge in [-0.1, -0.05) is 0 Å². The summed E-state index contributed by atoms with van der Waals surface area (Å²) in [6.07, 6.45) is 2.49. The van der Waals surface area contributed by atoms with Crippen LogP contribution >= 0.6 is 0 Å². The molecule has 94 valence electrons. The lowest BCUT2D eigenvalue weighted by molar-refractivity contribution is 0.345. The Morgan fingerprint density at radius 3 is 2.65 bits per heavy atom. The molecule has 1 aliphatic heterocycles. The van der Waals surface area contributed by atoms with Crippen LogP contribution in [0.3, 0.4) is 0 Å². The third kappa shape index (κ3) is 2.55. The summed E-state index contributed by atoms with van der Waals surface area (Å²) in [6.45, 7) is 4.19. The lowest BCUT2D eigenvalue weighted by Gasteiger charge is -2.40. The number of nitrogens with zero attached hydrogens (tertiary/aromatic N) is 1. The maximum Gasteiger partial charge on any atom is 0.119 e. The van der Waals surface area contributed by atoms with Crippen LogP contribution in [0.5, 0.6) is 5.75 Å². The smallest absolute Gasteiger partial charge is 0.119 e. The van der Waals surface area contributed by atoms with Gasteiger partial charge in [0.05, 0.1) is 7.11 Å². The van der Waals surface area contributed by atoms with Crippen molar-refractivity contribution in [1.29, 1.82) is 0 Å². The van der Waals surface area contributed by atoms with E-state index in [9.17, 15) is 0 Å². The van der Waals surface area contributed by atoms with Crippen molar-refractivity contribution in [1.82, 2.24) is 0 Å². The fourth-order valence-corrected chi connectivity index (χ4v) is 2.68. The number of nitrogens with two attached hydrogens (primary N) is 1. The summed E-state index contributed by atoms with van der Waals surface area (Å²) in [7, 11) is 1.70. The van der Waals surface area contributed by atoms with Crippen molar-refractivity contribution in [2.45, 2.75) is 25.8 Å². The Kier molecular flexibility index (Phi) is 3.89. The van der Waals surface area contributed by atoms with E-state index in [1.54, 1.807) is 7.11 Å². The summed E-state index contributed by atoms with van der Waals surface area (Å²) >= 11 is 0. The summed E-state index contributed by atoms with van der Waals surface area (Å²) in [5.41, 5.74) is 7.11. The molecule has 0 amide bonds. The van der Waals surface area contributed by atoms with Crippen molar-refractivity contribution >= 4 is 5.69 Å². The van der Waals surface area contributed by atoms with Gasteiger partial charge in [0.15, 0.2) is 0 Å². The normalized spacial score (nSPS) is 24.8. The number of methoxy groups -OCH3 is 1. The zero-order valence-corrected chi connectivity index (χ0v) is 10.7. The van der Waals surface area contributed by atoms with Gasteiger partial charge in [-0.05, 0) is 56.5 Å². The maximum atomic E-state index is 5.83. The average Bonchev–Trinajstić information content (AvgIpc) is 2.39. The van der Waals surface area contributed by atoms with E-state index in [0.29, 0.717) is 12.0 Å². The van der Waals surface area contributed by atoms with Gasteiger partial charge in [0.2, 0.25) is 0 Å². The quantitative estimate of drug-likeness (QED) is 0.872. The number of ether oxygens (including phenoxy) is 1. The van der Waals surface area contributed by atoms with Crippen LogP contribution in [0.2, 0.25) is 0 Å². The molecule has 0 bridgehead atoms. The molecule has 2 N–H and O–H groups in total. The lowest BCUT2D eigenvalue weighted by atomic mass is 9.90. The zero-order chi connectivity index (χ0) is 12.3. The highest BCUT2D eigenvalue weighted by Gasteiger charge is 2.26. The first-order valence-electron chi connectivity index (χ1n) is 6.37. The highest BCUT2D eigenvalue weighted by atomic mass is 16.5. The lowest BCUT2D eigenvalue weighted by Crippen LogP contribution is -2.46. The van der Waals surface area contributed by atoms with Crippen molar-refractivity contribution in [2.24, 2.45) is 11.7 Å². The highest BCUT2D eigenvalue weighted by molar-refractivity contribution is 5.50. The summed E-state index contributed by atoms with van der Waals surface area (Å²) in [5.74, 6) is 1.53. The fraction of sp³-hybridized carbons (Fsp3) is 0.571. The van der Waals surface area contributed by atoms with Crippen LogP contribution in [0.15, 0.2) is 24.3 Å². The van der Waals surface area contributed by atoms with E-state index in [2.05, 4.69) is 24.0 Å². The van der Waals surface area contributed by atoms with Crippen molar-refractivity contribution in [2.75, 3.05) is 25.1 Å². The molecule has 3 heteroatoms. The van der Waals surface area contributed by atoms with Gasteiger partial charge in [-0.2, -0.15) is 0 Å². The number of piperidine rings is 1. The minimum Gasteiger partial charge on any atom is -0.497 e. The molecular formula is C14H22N2O. The largest absolute Gasteiger partial charge is 0.497 e. The molecule has 0 aliphatic carbocycles. The van der Waals surface area contributed by atoms with Crippen LogP contribution in [-0.2, 0) is 0 Å². The third-order valence-corrected chi connectivity index (χ3v) is 3.85. The van der Waals surface area contributed by atoms with E-state index in [4.69, 9.17) is 10.5 Å². The molecule has 1 saturated heterocycles. The van der Waals surface area contributed by atoms with Crippen LogP contribution in [0.1, 0.15) is 19.8 Å². The Balaban J connectivity index is 2.14. The van der Waals surface area contributed by atoms with Crippen LogP contribution in [0.25, 0.3) is 0 Å². The Labute approximate surface area is 104 Å². The van der Waals surface area contributed by atoms with Crippen LogP contribution in [0, 0.1) is 5.92 Å². The molecule has 1 fully saturated rings. The van der Waals surface area contributed by atoms with E-state index in [0.717, 1.165) is 18.8 Å². The molecule has 2 rings (SSSR count). The number of hydrogen-bond donors (Lipinski definition) is 1. The van der Waals surface area contributed by atoms with Crippen molar-refractivity contribution < 1.29 is 4.74 Å². The molecule has 0 saturated carbocycles. The number of hydrogen-bond acceptors (Lipinski definition) is 3. The van der Waals surface area contributed by atoms with Crippen LogP contribution < -0.4 is 15.4 Å². The van der Waals surface area contributed by atoms with Gasteiger partial charge in [-0.3, -0.25) is 0 Å². The summed E-state index contributed by atoms with van der Waals surface area (Å²) < 4.78 is 5.19. The number of anilines is 1. The highest BCUT2D eigenvalue weighted by Crippen LogP contribution is 2.29. The summed E-state index contributed by atoms with van der Waals surface area (Å²) in [5, 5.41) is 0. The predicted octanol–water partition coefficient (Wildman–Crippen LogP) is 2.26. The van der Waals surface area contributed by atoms with Gasteiger partial charge >= 0.3 is 0 Å². The molecule has 17 heavy (non-hydrogen) atoms. The second kappa shape index (κ2) is 5.41. The maximum absolute atomic E-state index is 5.83. The molecule has 0 aromatic heterocycles. The Bertz CT molecular complexity index is 350. The van der Waals surface area contributed by atoms with Gasteiger partial charge in [-0.15, -0.1) is 0 Å². The Morgan fingerprint density at radius 1 is 1.35 bits per heavy atom. The molecule has 1 aromatic carbocycles. The molecule has 1 aromatic rings. The monoisotopic (exact) mass is 234 g/mol. The molecule has 2 atom stereocenters. The minimum atomic E-state index is 0.530. The first-order chi connectivity index (χ1) is 8.26. The van der Waals surface area contributed by atoms with E-state index in [-0.39, 0.29) is 0 Å². The topological polar surface area (TPSA) is 38.5 Å². The van der Waals surface area contributed by atoms with Crippen molar-refractivity contribution in [3.63, 3.8) is 0 Å². The predicted molar refractivity (Wildman–Crippen MR) is 71.6 cm³/mol. The molecular weight excluding hydrogens is 212 g/mol. The minimum absolute atomic E-state index is 0.530. The van der Waals surface area contributed by atoms with E-state index in [1.807, 2.05) is 12.1 Å². The van der Waals surface area contributed by atoms with E-state index >= 15 is 0 Å². The third-order valence-electron chi connectivity index (χ3n) is 3.85. The van der Waals surface area contributed by atoms with Crippen molar-refractivity contribution in [3.8, 4) is 5.75 Å². The number of rotatable bonds is 3. The van der Waals surface area contributed by atoms with Gasteiger partial charge in [0.25, 0.3) is 0 Å². The Morgan fingerprint density at radius 2 is 2.06 bits per heavy atom. The van der Waals surface area contributed by atoms with Crippen LogP contribution in [0.4, 0.5) is 5.69 Å². The van der Waals surface area contributed by atoms with Gasteiger partial charge < -0.3 is 15.4 Å². The summed E-state index contributed by atoms with van der Waals surface area (Å²) in [4.78, 5) is 2.46. The second-order valence-electron chi connectivity index (χ2n) is 4.77. The molecule has 0 unspecified atom stereocenters. The van der Waals surface area contributed by atoms with Crippen molar-refractivity contribution in [3.05, 3.63) is 24.3 Å². The molecule has 3 nitrogen and oxygen atoms in total. The standard InChI is InChI=1S/C14H22N2O/c1-11-12(10-15)4-3-9-16(11)13-5-7-14(17-2)8-6-13/h5-8,11-12H,3-4,9-10,15H2,1-2H3/t11-,12-/m1/s1. The van der Waals surface area contributed by atoms with Crippen LogP contribution in [-0.4, -0.2) is 26.2 Å².